The maximum Gasteiger partial charge on any atom is 0.258 e. The Morgan fingerprint density at radius 2 is 2.15 bits per heavy atom. The highest BCUT2D eigenvalue weighted by Gasteiger charge is 2.16. The van der Waals surface area contributed by atoms with Gasteiger partial charge in [-0.05, 0) is 38.5 Å². The van der Waals surface area contributed by atoms with E-state index in [1.165, 1.54) is 0 Å². The molecule has 2 N–H and O–H groups in total. The molecule has 0 fully saturated rings. The molecule has 1 heterocycles. The van der Waals surface area contributed by atoms with Gasteiger partial charge in [0.1, 0.15) is 0 Å². The number of aryl methyl sites for hydroxylation is 1. The van der Waals surface area contributed by atoms with Crippen LogP contribution in [-0.4, -0.2) is 22.9 Å². The van der Waals surface area contributed by atoms with Crippen molar-refractivity contribution in [1.82, 2.24) is 10.1 Å². The van der Waals surface area contributed by atoms with Crippen LogP contribution >= 0.6 is 11.6 Å². The van der Waals surface area contributed by atoms with E-state index in [0.717, 1.165) is 11.1 Å². The minimum Gasteiger partial charge on any atom is -0.377 e. The number of nitrogens with two attached hydrogens (primary N) is 1. The Morgan fingerprint density at radius 3 is 2.80 bits per heavy atom. The molecule has 0 aliphatic carbocycles. The first kappa shape index (κ1) is 15.0. The van der Waals surface area contributed by atoms with E-state index in [1.54, 1.807) is 6.07 Å². The first-order valence-electron chi connectivity index (χ1n) is 6.44. The second-order valence-corrected chi connectivity index (χ2v) is 5.32. The first-order chi connectivity index (χ1) is 9.47. The van der Waals surface area contributed by atoms with Crippen molar-refractivity contribution < 1.29 is 9.26 Å². The highest BCUT2D eigenvalue weighted by Crippen LogP contribution is 2.24. The molecule has 6 heteroatoms. The van der Waals surface area contributed by atoms with Crippen LogP contribution in [0.3, 0.4) is 0 Å². The zero-order valence-corrected chi connectivity index (χ0v) is 12.5. The zero-order valence-electron chi connectivity index (χ0n) is 11.8. The van der Waals surface area contributed by atoms with Gasteiger partial charge in [-0.15, -0.1) is 0 Å². The van der Waals surface area contributed by atoms with E-state index in [-0.39, 0.29) is 6.10 Å². The largest absolute Gasteiger partial charge is 0.377 e. The summed E-state index contributed by atoms with van der Waals surface area (Å²) in [5.74, 6) is 0.833. The monoisotopic (exact) mass is 295 g/mol. The standard InChI is InChI=1S/C14H18ClN3O2/c1-8(2)19-7-12(16)13-17-14(20-18-13)10-5-4-9(3)11(15)6-10/h4-6,8,12H,7,16H2,1-3H3. The fraction of sp³-hybridized carbons (Fsp3) is 0.429. The van der Waals surface area contributed by atoms with Crippen LogP contribution in [0.15, 0.2) is 22.7 Å². The van der Waals surface area contributed by atoms with Gasteiger partial charge in [-0.1, -0.05) is 22.8 Å². The topological polar surface area (TPSA) is 74.2 Å². The predicted octanol–water partition coefficient (Wildman–Crippen LogP) is 3.12. The van der Waals surface area contributed by atoms with Gasteiger partial charge < -0.3 is 15.0 Å². The van der Waals surface area contributed by atoms with E-state index in [0.29, 0.717) is 23.3 Å². The summed E-state index contributed by atoms with van der Waals surface area (Å²) < 4.78 is 10.7. The van der Waals surface area contributed by atoms with Crippen molar-refractivity contribution in [2.45, 2.75) is 32.9 Å². The van der Waals surface area contributed by atoms with E-state index in [9.17, 15) is 0 Å². The molecule has 0 aliphatic heterocycles. The summed E-state index contributed by atoms with van der Waals surface area (Å²) >= 11 is 6.08. The third-order valence-corrected chi connectivity index (χ3v) is 3.21. The number of ether oxygens (including phenoxy) is 1. The van der Waals surface area contributed by atoms with Crippen LogP contribution in [0.2, 0.25) is 5.02 Å². The lowest BCUT2D eigenvalue weighted by atomic mass is 10.1. The highest BCUT2D eigenvalue weighted by atomic mass is 35.5. The Morgan fingerprint density at radius 1 is 1.40 bits per heavy atom. The molecule has 1 aromatic carbocycles. The molecule has 2 aromatic rings. The maximum absolute atomic E-state index is 6.08. The second-order valence-electron chi connectivity index (χ2n) is 4.91. The highest BCUT2D eigenvalue weighted by molar-refractivity contribution is 6.31. The molecule has 0 saturated carbocycles. The van der Waals surface area contributed by atoms with Gasteiger partial charge >= 0.3 is 0 Å². The zero-order chi connectivity index (χ0) is 14.7. The number of nitrogens with zero attached hydrogens (tertiary/aromatic N) is 2. The minimum atomic E-state index is -0.407. The summed E-state index contributed by atoms with van der Waals surface area (Å²) in [4.78, 5) is 4.29. The fourth-order valence-corrected chi connectivity index (χ4v) is 1.78. The molecule has 5 nitrogen and oxygen atoms in total. The molecular formula is C14H18ClN3O2. The van der Waals surface area contributed by atoms with Crippen molar-refractivity contribution >= 4 is 11.6 Å². The van der Waals surface area contributed by atoms with E-state index in [4.69, 9.17) is 26.6 Å². The van der Waals surface area contributed by atoms with E-state index < -0.39 is 6.04 Å². The molecule has 20 heavy (non-hydrogen) atoms. The Labute approximate surface area is 123 Å². The molecule has 0 saturated heterocycles. The Balaban J connectivity index is 2.13. The molecule has 0 amide bonds. The molecule has 1 unspecified atom stereocenters. The van der Waals surface area contributed by atoms with Crippen molar-refractivity contribution in [3.05, 3.63) is 34.6 Å². The Hall–Kier alpha value is -1.43. The van der Waals surface area contributed by atoms with Crippen LogP contribution in [-0.2, 0) is 4.74 Å². The number of halogens is 1. The number of hydrogen-bond acceptors (Lipinski definition) is 5. The van der Waals surface area contributed by atoms with Crippen LogP contribution in [0.1, 0.15) is 31.3 Å². The number of hydrogen-bond donors (Lipinski definition) is 1. The smallest absolute Gasteiger partial charge is 0.258 e. The van der Waals surface area contributed by atoms with Gasteiger partial charge in [0, 0.05) is 10.6 Å². The van der Waals surface area contributed by atoms with Gasteiger partial charge in [0.15, 0.2) is 5.82 Å². The normalized spacial score (nSPS) is 12.9. The number of rotatable bonds is 5. The molecule has 0 bridgehead atoms. The molecule has 2 rings (SSSR count). The van der Waals surface area contributed by atoms with Gasteiger partial charge in [-0.25, -0.2) is 0 Å². The van der Waals surface area contributed by atoms with Gasteiger partial charge in [0.2, 0.25) is 0 Å². The molecule has 1 aromatic heterocycles. The number of aromatic nitrogens is 2. The maximum atomic E-state index is 6.08. The van der Waals surface area contributed by atoms with Crippen LogP contribution in [0, 0.1) is 6.92 Å². The first-order valence-corrected chi connectivity index (χ1v) is 6.82. The molecule has 0 aliphatic rings. The summed E-state index contributed by atoms with van der Waals surface area (Å²) in [5, 5.41) is 4.55. The summed E-state index contributed by atoms with van der Waals surface area (Å²) in [6.07, 6.45) is 0.114. The van der Waals surface area contributed by atoms with Gasteiger partial charge in [0.05, 0.1) is 18.8 Å². The van der Waals surface area contributed by atoms with Crippen molar-refractivity contribution in [2.24, 2.45) is 5.73 Å². The van der Waals surface area contributed by atoms with Crippen molar-refractivity contribution in [2.75, 3.05) is 6.61 Å². The summed E-state index contributed by atoms with van der Waals surface area (Å²) in [7, 11) is 0. The third-order valence-electron chi connectivity index (χ3n) is 2.80. The van der Waals surface area contributed by atoms with Gasteiger partial charge in [-0.2, -0.15) is 4.98 Å². The van der Waals surface area contributed by atoms with E-state index >= 15 is 0 Å². The Bertz CT molecular complexity index is 584. The fourth-order valence-electron chi connectivity index (χ4n) is 1.60. The van der Waals surface area contributed by atoms with Gasteiger partial charge in [-0.3, -0.25) is 0 Å². The summed E-state index contributed by atoms with van der Waals surface area (Å²) in [6.45, 7) is 6.18. The average Bonchev–Trinajstić information content (AvgIpc) is 2.89. The predicted molar refractivity (Wildman–Crippen MR) is 77.5 cm³/mol. The minimum absolute atomic E-state index is 0.114. The van der Waals surface area contributed by atoms with Crippen molar-refractivity contribution in [3.8, 4) is 11.5 Å². The van der Waals surface area contributed by atoms with Crippen LogP contribution in [0.25, 0.3) is 11.5 Å². The molecule has 0 radical (unpaired) electrons. The SMILES string of the molecule is Cc1ccc(-c2nc(C(N)COC(C)C)no2)cc1Cl. The lowest BCUT2D eigenvalue weighted by molar-refractivity contribution is 0.0665. The van der Waals surface area contributed by atoms with Crippen LogP contribution in [0.5, 0.6) is 0 Å². The quantitative estimate of drug-likeness (QED) is 0.917. The lowest BCUT2D eigenvalue weighted by Gasteiger charge is -2.10. The van der Waals surface area contributed by atoms with E-state index in [2.05, 4.69) is 10.1 Å². The summed E-state index contributed by atoms with van der Waals surface area (Å²) in [5.41, 5.74) is 7.72. The lowest BCUT2D eigenvalue weighted by Crippen LogP contribution is -2.20. The Kier molecular flexibility index (Phi) is 4.75. The van der Waals surface area contributed by atoms with Crippen molar-refractivity contribution in [1.29, 1.82) is 0 Å². The van der Waals surface area contributed by atoms with Crippen LogP contribution < -0.4 is 5.73 Å². The van der Waals surface area contributed by atoms with Crippen LogP contribution in [0.4, 0.5) is 0 Å². The second kappa shape index (κ2) is 6.35. The van der Waals surface area contributed by atoms with E-state index in [1.807, 2.05) is 32.9 Å². The molecule has 1 atom stereocenters. The van der Waals surface area contributed by atoms with Crippen molar-refractivity contribution in [3.63, 3.8) is 0 Å². The van der Waals surface area contributed by atoms with Gasteiger partial charge in [0.25, 0.3) is 5.89 Å². The average molecular weight is 296 g/mol. The molecular weight excluding hydrogens is 278 g/mol. The summed E-state index contributed by atoms with van der Waals surface area (Å²) in [6, 6.07) is 5.18. The molecule has 0 spiro atoms. The third kappa shape index (κ3) is 3.56. The molecule has 108 valence electrons. The number of benzene rings is 1.